The fraction of sp³-hybridized carbons (Fsp3) is 0.455. The van der Waals surface area contributed by atoms with Gasteiger partial charge in [-0.25, -0.2) is 9.48 Å². The molecule has 0 atom stereocenters. The molecule has 1 N–H and O–H groups in total. The highest BCUT2D eigenvalue weighted by Crippen LogP contribution is 2.15. The Bertz CT molecular complexity index is 1090. The standard InChI is InChI=1S/C22H28N6O2/c1-16-20(17(2)28(24-16)15-18-9-4-3-5-10-18)21(29)23-12-8-14-27-22(30)26-13-7-6-11-19(26)25-27/h3-5,9-10H,6-8,11-15H2,1-2H3,(H,23,29). The molecule has 0 saturated heterocycles. The van der Waals surface area contributed by atoms with Gasteiger partial charge < -0.3 is 5.32 Å². The summed E-state index contributed by atoms with van der Waals surface area (Å²) in [5.74, 6) is 0.758. The molecule has 8 nitrogen and oxygen atoms in total. The van der Waals surface area contributed by atoms with E-state index in [-0.39, 0.29) is 11.6 Å². The minimum atomic E-state index is -0.124. The second-order valence-electron chi connectivity index (χ2n) is 7.83. The van der Waals surface area contributed by atoms with E-state index in [9.17, 15) is 9.59 Å². The van der Waals surface area contributed by atoms with Gasteiger partial charge in [0.2, 0.25) is 0 Å². The van der Waals surface area contributed by atoms with Crippen molar-refractivity contribution < 1.29 is 4.79 Å². The molecular weight excluding hydrogens is 380 g/mol. The summed E-state index contributed by atoms with van der Waals surface area (Å²) >= 11 is 0. The van der Waals surface area contributed by atoms with Crippen LogP contribution >= 0.6 is 0 Å². The summed E-state index contributed by atoms with van der Waals surface area (Å²) in [5.41, 5.74) is 3.31. The highest BCUT2D eigenvalue weighted by Gasteiger charge is 2.19. The Morgan fingerprint density at radius 3 is 2.67 bits per heavy atom. The SMILES string of the molecule is Cc1nn(Cc2ccccc2)c(C)c1C(=O)NCCCn1nc2n(c1=O)CCCC2. The summed E-state index contributed by atoms with van der Waals surface area (Å²) < 4.78 is 5.17. The van der Waals surface area contributed by atoms with E-state index >= 15 is 0 Å². The van der Waals surface area contributed by atoms with Crippen LogP contribution in [0.25, 0.3) is 0 Å². The van der Waals surface area contributed by atoms with Crippen LogP contribution < -0.4 is 11.0 Å². The molecule has 0 unspecified atom stereocenters. The van der Waals surface area contributed by atoms with Gasteiger partial charge in [-0.3, -0.25) is 14.0 Å². The number of aryl methyl sites for hydroxylation is 3. The summed E-state index contributed by atoms with van der Waals surface area (Å²) in [6, 6.07) is 10.1. The summed E-state index contributed by atoms with van der Waals surface area (Å²) in [6.45, 7) is 6.16. The summed E-state index contributed by atoms with van der Waals surface area (Å²) in [5, 5.41) is 12.0. The third-order valence-corrected chi connectivity index (χ3v) is 5.65. The number of nitrogens with zero attached hydrogens (tertiary/aromatic N) is 5. The van der Waals surface area contributed by atoms with E-state index in [1.54, 1.807) is 4.57 Å². The first-order chi connectivity index (χ1) is 14.5. The number of hydrogen-bond acceptors (Lipinski definition) is 4. The Hall–Kier alpha value is -3.16. The lowest BCUT2D eigenvalue weighted by Crippen LogP contribution is -2.29. The molecule has 0 fully saturated rings. The number of benzene rings is 1. The molecule has 1 amide bonds. The number of carbonyl (C=O) groups is 1. The van der Waals surface area contributed by atoms with Crippen LogP contribution in [-0.4, -0.2) is 36.6 Å². The molecule has 1 aliphatic rings. The minimum absolute atomic E-state index is 0.0371. The Kier molecular flexibility index (Phi) is 5.83. The molecular formula is C22H28N6O2. The highest BCUT2D eigenvalue weighted by molar-refractivity contribution is 5.96. The van der Waals surface area contributed by atoms with Crippen LogP contribution in [0.15, 0.2) is 35.1 Å². The smallest absolute Gasteiger partial charge is 0.345 e. The molecule has 30 heavy (non-hydrogen) atoms. The van der Waals surface area contributed by atoms with Crippen LogP contribution in [0, 0.1) is 13.8 Å². The van der Waals surface area contributed by atoms with E-state index < -0.39 is 0 Å². The van der Waals surface area contributed by atoms with Crippen LogP contribution in [0.2, 0.25) is 0 Å². The number of hydrogen-bond donors (Lipinski definition) is 1. The van der Waals surface area contributed by atoms with Gasteiger partial charge in [-0.05, 0) is 38.7 Å². The predicted molar refractivity (Wildman–Crippen MR) is 114 cm³/mol. The maximum Gasteiger partial charge on any atom is 0.345 e. The molecule has 0 bridgehead atoms. The Balaban J connectivity index is 1.34. The average molecular weight is 409 g/mol. The third kappa shape index (κ3) is 4.08. The van der Waals surface area contributed by atoms with Crippen molar-refractivity contribution in [1.29, 1.82) is 0 Å². The number of fused-ring (bicyclic) bond motifs is 1. The molecule has 3 aromatic rings. The molecule has 0 aliphatic carbocycles. The van der Waals surface area contributed by atoms with Crippen LogP contribution in [0.1, 0.15) is 52.4 Å². The lowest BCUT2D eigenvalue weighted by molar-refractivity contribution is 0.0951. The molecule has 2 aromatic heterocycles. The van der Waals surface area contributed by atoms with Crippen LogP contribution in [-0.2, 0) is 26.1 Å². The molecule has 8 heteroatoms. The van der Waals surface area contributed by atoms with Crippen molar-refractivity contribution >= 4 is 5.91 Å². The van der Waals surface area contributed by atoms with Crippen LogP contribution in [0.4, 0.5) is 0 Å². The number of amides is 1. The average Bonchev–Trinajstić information content (AvgIpc) is 3.22. The summed E-state index contributed by atoms with van der Waals surface area (Å²) in [6.07, 6.45) is 3.64. The fourth-order valence-corrected chi connectivity index (χ4v) is 4.05. The van der Waals surface area contributed by atoms with Crippen molar-refractivity contribution in [3.05, 3.63) is 69.2 Å². The van der Waals surface area contributed by atoms with Gasteiger partial charge in [0.25, 0.3) is 5.91 Å². The van der Waals surface area contributed by atoms with Gasteiger partial charge in [0, 0.05) is 31.7 Å². The Labute approximate surface area is 175 Å². The molecule has 0 saturated carbocycles. The maximum absolute atomic E-state index is 12.7. The quantitative estimate of drug-likeness (QED) is 0.607. The first-order valence-electron chi connectivity index (χ1n) is 10.6. The normalized spacial score (nSPS) is 13.3. The largest absolute Gasteiger partial charge is 0.352 e. The lowest BCUT2D eigenvalue weighted by Gasteiger charge is -2.09. The predicted octanol–water partition coefficient (Wildman–Crippen LogP) is 2.06. The van der Waals surface area contributed by atoms with Gasteiger partial charge in [-0.15, -0.1) is 0 Å². The zero-order chi connectivity index (χ0) is 21.1. The minimum Gasteiger partial charge on any atom is -0.352 e. The fourth-order valence-electron chi connectivity index (χ4n) is 4.05. The van der Waals surface area contributed by atoms with Gasteiger partial charge in [0.1, 0.15) is 5.82 Å². The van der Waals surface area contributed by atoms with E-state index in [1.807, 2.05) is 48.9 Å². The van der Waals surface area contributed by atoms with Crippen LogP contribution in [0.5, 0.6) is 0 Å². The number of rotatable bonds is 7. The monoisotopic (exact) mass is 408 g/mol. The van der Waals surface area contributed by atoms with Gasteiger partial charge in [0.05, 0.1) is 17.8 Å². The van der Waals surface area contributed by atoms with E-state index in [4.69, 9.17) is 0 Å². The molecule has 0 spiro atoms. The number of aromatic nitrogens is 5. The second-order valence-corrected chi connectivity index (χ2v) is 7.83. The van der Waals surface area contributed by atoms with Gasteiger partial charge >= 0.3 is 5.69 Å². The van der Waals surface area contributed by atoms with Gasteiger partial charge in [0.15, 0.2) is 0 Å². The molecule has 4 rings (SSSR count). The number of carbonyl (C=O) groups excluding carboxylic acids is 1. The zero-order valence-electron chi connectivity index (χ0n) is 17.6. The van der Waals surface area contributed by atoms with E-state index in [2.05, 4.69) is 15.5 Å². The lowest BCUT2D eigenvalue weighted by atomic mass is 10.1. The summed E-state index contributed by atoms with van der Waals surface area (Å²) in [7, 11) is 0. The van der Waals surface area contributed by atoms with Crippen molar-refractivity contribution in [2.75, 3.05) is 6.54 Å². The first kappa shape index (κ1) is 20.1. The molecule has 158 valence electrons. The van der Waals surface area contributed by atoms with Crippen molar-refractivity contribution in [2.24, 2.45) is 0 Å². The van der Waals surface area contributed by atoms with E-state index in [1.165, 1.54) is 4.68 Å². The molecule has 1 aliphatic heterocycles. The van der Waals surface area contributed by atoms with Gasteiger partial charge in [-0.2, -0.15) is 10.2 Å². The van der Waals surface area contributed by atoms with Gasteiger partial charge in [-0.1, -0.05) is 30.3 Å². The topological polar surface area (TPSA) is 86.7 Å². The first-order valence-corrected chi connectivity index (χ1v) is 10.6. The molecule has 1 aromatic carbocycles. The molecule has 3 heterocycles. The molecule has 0 radical (unpaired) electrons. The second kappa shape index (κ2) is 8.69. The van der Waals surface area contributed by atoms with E-state index in [0.29, 0.717) is 31.6 Å². The van der Waals surface area contributed by atoms with Crippen molar-refractivity contribution in [3.8, 4) is 0 Å². The van der Waals surface area contributed by atoms with Crippen LogP contribution in [0.3, 0.4) is 0 Å². The Morgan fingerprint density at radius 1 is 1.10 bits per heavy atom. The van der Waals surface area contributed by atoms with Crippen molar-refractivity contribution in [2.45, 2.75) is 59.2 Å². The maximum atomic E-state index is 12.7. The zero-order valence-corrected chi connectivity index (χ0v) is 17.6. The van der Waals surface area contributed by atoms with Crippen molar-refractivity contribution in [1.82, 2.24) is 29.4 Å². The Morgan fingerprint density at radius 2 is 1.90 bits per heavy atom. The van der Waals surface area contributed by atoms with Crippen molar-refractivity contribution in [3.63, 3.8) is 0 Å². The number of nitrogens with one attached hydrogen (secondary N) is 1. The summed E-state index contributed by atoms with van der Waals surface area (Å²) in [4.78, 5) is 25.1. The van der Waals surface area contributed by atoms with E-state index in [0.717, 1.165) is 48.6 Å². The highest BCUT2D eigenvalue weighted by atomic mass is 16.2. The third-order valence-electron chi connectivity index (χ3n) is 5.65.